The zero-order valence-corrected chi connectivity index (χ0v) is 13.5. The van der Waals surface area contributed by atoms with Gasteiger partial charge in [-0.05, 0) is 37.5 Å². The number of benzene rings is 2. The van der Waals surface area contributed by atoms with E-state index in [1.165, 1.54) is 48.1 Å². The van der Waals surface area contributed by atoms with Crippen LogP contribution in [-0.4, -0.2) is 0 Å². The van der Waals surface area contributed by atoms with Crippen molar-refractivity contribution in [2.45, 2.75) is 52.5 Å². The van der Waals surface area contributed by atoms with Crippen LogP contribution in [0, 0.1) is 13.8 Å². The first-order valence-electron chi connectivity index (χ1n) is 8.09. The number of aryl methyl sites for hydroxylation is 2. The van der Waals surface area contributed by atoms with Gasteiger partial charge in [0.25, 0.3) is 0 Å². The molecule has 1 atom stereocenters. The van der Waals surface area contributed by atoms with Crippen LogP contribution in [0.15, 0.2) is 48.5 Å². The summed E-state index contributed by atoms with van der Waals surface area (Å²) in [7, 11) is 0. The van der Waals surface area contributed by atoms with Gasteiger partial charge in [0.05, 0.1) is 6.04 Å². The molecule has 0 saturated carbocycles. The average Bonchev–Trinajstić information content (AvgIpc) is 2.49. The summed E-state index contributed by atoms with van der Waals surface area (Å²) in [5.41, 5.74) is 5.28. The molecule has 1 unspecified atom stereocenters. The number of anilines is 1. The van der Waals surface area contributed by atoms with Crippen molar-refractivity contribution in [3.05, 3.63) is 65.2 Å². The van der Waals surface area contributed by atoms with Crippen LogP contribution in [0.2, 0.25) is 0 Å². The minimum Gasteiger partial charge on any atom is -0.378 e. The van der Waals surface area contributed by atoms with E-state index >= 15 is 0 Å². The van der Waals surface area contributed by atoms with Gasteiger partial charge in [0.1, 0.15) is 0 Å². The van der Waals surface area contributed by atoms with E-state index in [0.29, 0.717) is 6.04 Å². The average molecular weight is 281 g/mol. The van der Waals surface area contributed by atoms with E-state index in [1.807, 2.05) is 0 Å². The molecule has 0 bridgehead atoms. The van der Waals surface area contributed by atoms with Crippen LogP contribution < -0.4 is 5.32 Å². The van der Waals surface area contributed by atoms with Gasteiger partial charge >= 0.3 is 0 Å². The van der Waals surface area contributed by atoms with E-state index in [0.717, 1.165) is 0 Å². The molecule has 0 radical (unpaired) electrons. The van der Waals surface area contributed by atoms with Crippen LogP contribution in [0.25, 0.3) is 0 Å². The van der Waals surface area contributed by atoms with Gasteiger partial charge in [0.15, 0.2) is 0 Å². The molecule has 0 aliphatic carbocycles. The zero-order chi connectivity index (χ0) is 15.1. The third kappa shape index (κ3) is 4.63. The standard InChI is InChI=1S/C20H27N/c1-4-5-7-12-20(18-10-8-6-9-11-18)21-19-14-13-16(2)15-17(19)3/h6,8-11,13-15,20-21H,4-5,7,12H2,1-3H3. The third-order valence-electron chi connectivity index (χ3n) is 4.01. The Bertz CT molecular complexity index is 545. The lowest BCUT2D eigenvalue weighted by Crippen LogP contribution is -2.11. The normalized spacial score (nSPS) is 12.1. The number of unbranched alkanes of at least 4 members (excludes halogenated alkanes) is 2. The molecule has 2 rings (SSSR count). The lowest BCUT2D eigenvalue weighted by molar-refractivity contribution is 0.606. The van der Waals surface area contributed by atoms with Crippen molar-refractivity contribution in [3.8, 4) is 0 Å². The third-order valence-corrected chi connectivity index (χ3v) is 4.01. The van der Waals surface area contributed by atoms with Crippen molar-refractivity contribution in [2.75, 3.05) is 5.32 Å². The SMILES string of the molecule is CCCCCC(Nc1ccc(C)cc1C)c1ccccc1. The van der Waals surface area contributed by atoms with Crippen LogP contribution in [0.3, 0.4) is 0 Å². The van der Waals surface area contributed by atoms with Gasteiger partial charge in [-0.2, -0.15) is 0 Å². The topological polar surface area (TPSA) is 12.0 Å². The van der Waals surface area contributed by atoms with Gasteiger partial charge < -0.3 is 5.32 Å². The van der Waals surface area contributed by atoms with Crippen molar-refractivity contribution < 1.29 is 0 Å². The molecule has 2 aromatic rings. The van der Waals surface area contributed by atoms with Crippen LogP contribution in [-0.2, 0) is 0 Å². The Morgan fingerprint density at radius 2 is 1.71 bits per heavy atom. The summed E-state index contributed by atoms with van der Waals surface area (Å²) in [6.07, 6.45) is 5.03. The molecule has 0 spiro atoms. The fraction of sp³-hybridized carbons (Fsp3) is 0.400. The minimum absolute atomic E-state index is 0.402. The molecule has 21 heavy (non-hydrogen) atoms. The van der Waals surface area contributed by atoms with Crippen molar-refractivity contribution in [2.24, 2.45) is 0 Å². The van der Waals surface area contributed by atoms with E-state index in [1.54, 1.807) is 0 Å². The first kappa shape index (κ1) is 15.6. The van der Waals surface area contributed by atoms with E-state index in [4.69, 9.17) is 0 Å². The van der Waals surface area contributed by atoms with E-state index in [9.17, 15) is 0 Å². The van der Waals surface area contributed by atoms with Gasteiger partial charge in [-0.25, -0.2) is 0 Å². The number of nitrogens with one attached hydrogen (secondary N) is 1. The maximum atomic E-state index is 3.75. The maximum Gasteiger partial charge on any atom is 0.0513 e. The van der Waals surface area contributed by atoms with Crippen molar-refractivity contribution in [1.82, 2.24) is 0 Å². The van der Waals surface area contributed by atoms with Crippen LogP contribution >= 0.6 is 0 Å². The molecule has 2 aromatic carbocycles. The predicted octanol–water partition coefficient (Wildman–Crippen LogP) is 6.04. The van der Waals surface area contributed by atoms with E-state index < -0.39 is 0 Å². The number of hydrogen-bond donors (Lipinski definition) is 1. The lowest BCUT2D eigenvalue weighted by Gasteiger charge is -2.22. The predicted molar refractivity (Wildman–Crippen MR) is 92.9 cm³/mol. The molecule has 0 aromatic heterocycles. The summed E-state index contributed by atoms with van der Waals surface area (Å²) in [6.45, 7) is 6.59. The molecular weight excluding hydrogens is 254 g/mol. The van der Waals surface area contributed by atoms with Gasteiger partial charge in [-0.1, -0.05) is 74.2 Å². The summed E-state index contributed by atoms with van der Waals surface area (Å²) < 4.78 is 0. The summed E-state index contributed by atoms with van der Waals surface area (Å²) >= 11 is 0. The first-order chi connectivity index (χ1) is 10.2. The van der Waals surface area contributed by atoms with Crippen molar-refractivity contribution in [3.63, 3.8) is 0 Å². The number of hydrogen-bond acceptors (Lipinski definition) is 1. The highest BCUT2D eigenvalue weighted by Crippen LogP contribution is 2.27. The highest BCUT2D eigenvalue weighted by molar-refractivity contribution is 5.53. The Hall–Kier alpha value is -1.76. The molecule has 1 nitrogen and oxygen atoms in total. The Kier molecular flexibility index (Phi) is 5.86. The first-order valence-corrected chi connectivity index (χ1v) is 8.09. The molecule has 0 saturated heterocycles. The molecule has 0 aliphatic rings. The highest BCUT2D eigenvalue weighted by atomic mass is 14.9. The van der Waals surface area contributed by atoms with Crippen molar-refractivity contribution >= 4 is 5.69 Å². The van der Waals surface area contributed by atoms with Gasteiger partial charge in [-0.3, -0.25) is 0 Å². The smallest absolute Gasteiger partial charge is 0.0513 e. The monoisotopic (exact) mass is 281 g/mol. The van der Waals surface area contributed by atoms with E-state index in [-0.39, 0.29) is 0 Å². The Morgan fingerprint density at radius 1 is 0.952 bits per heavy atom. The van der Waals surface area contributed by atoms with Gasteiger partial charge in [0, 0.05) is 5.69 Å². The number of rotatable bonds is 7. The lowest BCUT2D eigenvalue weighted by atomic mass is 9.99. The summed E-state index contributed by atoms with van der Waals surface area (Å²) in [5, 5.41) is 3.75. The molecule has 0 amide bonds. The quantitative estimate of drug-likeness (QED) is 0.610. The minimum atomic E-state index is 0.402. The molecule has 0 aliphatic heterocycles. The summed E-state index contributed by atoms with van der Waals surface area (Å²) in [5.74, 6) is 0. The molecule has 0 heterocycles. The second-order valence-electron chi connectivity index (χ2n) is 5.92. The fourth-order valence-corrected chi connectivity index (χ4v) is 2.77. The summed E-state index contributed by atoms with van der Waals surface area (Å²) in [6, 6.07) is 17.8. The van der Waals surface area contributed by atoms with Crippen molar-refractivity contribution in [1.29, 1.82) is 0 Å². The van der Waals surface area contributed by atoms with E-state index in [2.05, 4.69) is 74.6 Å². The molecule has 112 valence electrons. The molecule has 1 N–H and O–H groups in total. The Balaban J connectivity index is 2.15. The molecule has 1 heteroatoms. The van der Waals surface area contributed by atoms with Crippen LogP contribution in [0.1, 0.15) is 55.3 Å². The van der Waals surface area contributed by atoms with Crippen LogP contribution in [0.4, 0.5) is 5.69 Å². The Morgan fingerprint density at radius 3 is 2.38 bits per heavy atom. The molecular formula is C20H27N. The van der Waals surface area contributed by atoms with Gasteiger partial charge in [0.2, 0.25) is 0 Å². The largest absolute Gasteiger partial charge is 0.378 e. The molecule has 0 fully saturated rings. The van der Waals surface area contributed by atoms with Crippen LogP contribution in [0.5, 0.6) is 0 Å². The Labute approximate surface area is 129 Å². The highest BCUT2D eigenvalue weighted by Gasteiger charge is 2.11. The second kappa shape index (κ2) is 7.87. The maximum absolute atomic E-state index is 3.75. The second-order valence-corrected chi connectivity index (χ2v) is 5.92. The summed E-state index contributed by atoms with van der Waals surface area (Å²) in [4.78, 5) is 0. The fourth-order valence-electron chi connectivity index (χ4n) is 2.77. The van der Waals surface area contributed by atoms with Gasteiger partial charge in [-0.15, -0.1) is 0 Å². The zero-order valence-electron chi connectivity index (χ0n) is 13.5.